The molecule has 2 aromatic rings. The molecule has 0 aliphatic rings. The molecule has 2 atom stereocenters. The van der Waals surface area contributed by atoms with Gasteiger partial charge in [0.25, 0.3) is 11.8 Å². The lowest BCUT2D eigenvalue weighted by atomic mass is 10.1. The molecule has 2 N–H and O–H groups in total. The van der Waals surface area contributed by atoms with Crippen molar-refractivity contribution in [2.45, 2.75) is 64.6 Å². The molecule has 0 radical (unpaired) electrons. The van der Waals surface area contributed by atoms with E-state index in [1.165, 1.54) is 36.4 Å². The number of rotatable bonds is 17. The molecule has 0 fully saturated rings. The summed E-state index contributed by atoms with van der Waals surface area (Å²) in [5.41, 5.74) is -0.374. The molecule has 2 unspecified atom stereocenters. The number of benzene rings is 2. The first-order valence-electron chi connectivity index (χ1n) is 12.6. The van der Waals surface area contributed by atoms with Crippen LogP contribution in [0.4, 0.5) is 11.4 Å². The van der Waals surface area contributed by atoms with E-state index in [0.717, 1.165) is 38.5 Å². The second-order valence-corrected chi connectivity index (χ2v) is 8.67. The number of carbonyl (C=O) groups is 2. The Hall–Kier alpha value is -4.22. The smallest absolute Gasteiger partial charge is 0.310 e. The van der Waals surface area contributed by atoms with Gasteiger partial charge in [0.1, 0.15) is 0 Å². The van der Waals surface area contributed by atoms with E-state index in [1.54, 1.807) is 26.0 Å². The molecule has 0 saturated carbocycles. The second kappa shape index (κ2) is 15.8. The third kappa shape index (κ3) is 10.0. The van der Waals surface area contributed by atoms with E-state index in [1.807, 2.05) is 0 Å². The van der Waals surface area contributed by atoms with E-state index in [4.69, 9.17) is 9.47 Å². The normalized spacial score (nSPS) is 12.2. The number of amides is 2. The van der Waals surface area contributed by atoms with Crippen LogP contribution in [0.2, 0.25) is 0 Å². The fraction of sp³-hybridized carbons (Fsp3) is 0.462. The lowest BCUT2D eigenvalue weighted by molar-refractivity contribution is -0.386. The number of carbonyl (C=O) groups excluding carboxylic acids is 2. The van der Waals surface area contributed by atoms with E-state index in [0.29, 0.717) is 13.1 Å². The Balaban J connectivity index is 1.52. The van der Waals surface area contributed by atoms with Crippen molar-refractivity contribution in [1.29, 1.82) is 0 Å². The molecule has 2 amide bonds. The van der Waals surface area contributed by atoms with Gasteiger partial charge >= 0.3 is 11.4 Å². The first kappa shape index (κ1) is 30.0. The Labute approximate surface area is 221 Å². The largest absolute Gasteiger partial charge is 0.474 e. The van der Waals surface area contributed by atoms with Crippen LogP contribution in [-0.2, 0) is 9.59 Å². The molecule has 12 nitrogen and oxygen atoms in total. The zero-order valence-corrected chi connectivity index (χ0v) is 21.6. The van der Waals surface area contributed by atoms with Crippen molar-refractivity contribution in [2.75, 3.05) is 13.1 Å². The van der Waals surface area contributed by atoms with Gasteiger partial charge in [0.05, 0.1) is 9.85 Å². The highest BCUT2D eigenvalue weighted by atomic mass is 16.6. The predicted octanol–water partition coefficient (Wildman–Crippen LogP) is 4.31. The summed E-state index contributed by atoms with van der Waals surface area (Å²) in [7, 11) is 0. The summed E-state index contributed by atoms with van der Waals surface area (Å²) >= 11 is 0. The maximum Gasteiger partial charge on any atom is 0.310 e. The van der Waals surface area contributed by atoms with Crippen LogP contribution in [0.1, 0.15) is 52.4 Å². The van der Waals surface area contributed by atoms with Crippen molar-refractivity contribution in [3.63, 3.8) is 0 Å². The Morgan fingerprint density at radius 3 is 1.39 bits per heavy atom. The van der Waals surface area contributed by atoms with Crippen molar-refractivity contribution in [3.05, 3.63) is 68.8 Å². The summed E-state index contributed by atoms with van der Waals surface area (Å²) < 4.78 is 10.9. The Morgan fingerprint density at radius 1 is 0.684 bits per heavy atom. The molecular weight excluding hydrogens is 496 g/mol. The zero-order valence-electron chi connectivity index (χ0n) is 21.6. The molecule has 0 bridgehead atoms. The maximum atomic E-state index is 12.2. The molecule has 0 spiro atoms. The first-order chi connectivity index (χ1) is 18.2. The fourth-order valence-corrected chi connectivity index (χ4v) is 3.57. The molecular formula is C26H34N4O8. The minimum atomic E-state index is -0.859. The van der Waals surface area contributed by atoms with Crippen LogP contribution in [0.5, 0.6) is 11.5 Å². The van der Waals surface area contributed by atoms with Crippen molar-refractivity contribution >= 4 is 23.2 Å². The Morgan fingerprint density at radius 2 is 1.03 bits per heavy atom. The lowest BCUT2D eigenvalue weighted by Crippen LogP contribution is -2.37. The molecule has 12 heteroatoms. The summed E-state index contributed by atoms with van der Waals surface area (Å²) in [4.78, 5) is 45.4. The summed E-state index contributed by atoms with van der Waals surface area (Å²) in [5.74, 6) is -0.560. The van der Waals surface area contributed by atoms with Gasteiger partial charge in [-0.25, -0.2) is 0 Å². The highest BCUT2D eigenvalue weighted by Gasteiger charge is 2.21. The number of nitrogens with zero attached hydrogens (tertiary/aromatic N) is 2. The van der Waals surface area contributed by atoms with E-state index in [-0.39, 0.29) is 34.7 Å². The highest BCUT2D eigenvalue weighted by molar-refractivity contribution is 5.81. The van der Waals surface area contributed by atoms with Crippen molar-refractivity contribution < 1.29 is 28.9 Å². The van der Waals surface area contributed by atoms with Gasteiger partial charge in [0, 0.05) is 25.2 Å². The molecule has 0 heterocycles. The third-order valence-electron chi connectivity index (χ3n) is 5.67. The third-order valence-corrected chi connectivity index (χ3v) is 5.67. The average Bonchev–Trinajstić information content (AvgIpc) is 2.89. The minimum absolute atomic E-state index is 0.0542. The summed E-state index contributed by atoms with van der Waals surface area (Å²) in [6.07, 6.45) is 3.67. The molecule has 0 aromatic heterocycles. The lowest BCUT2D eigenvalue weighted by Gasteiger charge is -2.15. The number of ether oxygens (including phenoxy) is 2. The van der Waals surface area contributed by atoms with Gasteiger partial charge in [-0.05, 0) is 38.8 Å². The number of unbranched alkanes of at least 4 members (excludes halogenated alkanes) is 5. The van der Waals surface area contributed by atoms with Crippen LogP contribution in [0.15, 0.2) is 48.5 Å². The van der Waals surface area contributed by atoms with Crippen LogP contribution in [0.25, 0.3) is 0 Å². The van der Waals surface area contributed by atoms with Gasteiger partial charge in [-0.2, -0.15) is 0 Å². The average molecular weight is 531 g/mol. The molecule has 2 rings (SSSR count). The van der Waals surface area contributed by atoms with Crippen LogP contribution in [0.3, 0.4) is 0 Å². The van der Waals surface area contributed by atoms with Crippen LogP contribution in [-0.4, -0.2) is 47.0 Å². The van der Waals surface area contributed by atoms with Gasteiger partial charge in [-0.1, -0.05) is 49.9 Å². The molecule has 0 saturated heterocycles. The number of para-hydroxylation sites is 4. The van der Waals surface area contributed by atoms with Crippen LogP contribution in [0, 0.1) is 20.2 Å². The van der Waals surface area contributed by atoms with Gasteiger partial charge in [-0.3, -0.25) is 29.8 Å². The topological polar surface area (TPSA) is 163 Å². The fourth-order valence-electron chi connectivity index (χ4n) is 3.57. The molecule has 38 heavy (non-hydrogen) atoms. The Bertz CT molecular complexity index is 1010. The molecule has 0 aliphatic carbocycles. The number of hydrogen-bond donors (Lipinski definition) is 2. The number of nitro benzene ring substituents is 2. The van der Waals surface area contributed by atoms with Crippen LogP contribution >= 0.6 is 0 Å². The van der Waals surface area contributed by atoms with Crippen molar-refractivity contribution in [2.24, 2.45) is 0 Å². The predicted molar refractivity (Wildman–Crippen MR) is 140 cm³/mol. The van der Waals surface area contributed by atoms with E-state index in [9.17, 15) is 29.8 Å². The van der Waals surface area contributed by atoms with Crippen molar-refractivity contribution in [1.82, 2.24) is 10.6 Å². The van der Waals surface area contributed by atoms with Crippen molar-refractivity contribution in [3.8, 4) is 11.5 Å². The molecule has 2 aromatic carbocycles. The zero-order chi connectivity index (χ0) is 27.9. The number of hydrogen-bond acceptors (Lipinski definition) is 8. The van der Waals surface area contributed by atoms with Gasteiger partial charge in [-0.15, -0.1) is 0 Å². The van der Waals surface area contributed by atoms with E-state index >= 15 is 0 Å². The van der Waals surface area contributed by atoms with Gasteiger partial charge < -0.3 is 20.1 Å². The Kier molecular flexibility index (Phi) is 12.5. The van der Waals surface area contributed by atoms with E-state index in [2.05, 4.69) is 10.6 Å². The van der Waals surface area contributed by atoms with E-state index < -0.39 is 22.1 Å². The maximum absolute atomic E-state index is 12.2. The second-order valence-electron chi connectivity index (χ2n) is 8.67. The minimum Gasteiger partial charge on any atom is -0.474 e. The van der Waals surface area contributed by atoms with Gasteiger partial charge in [0.2, 0.25) is 0 Å². The summed E-state index contributed by atoms with van der Waals surface area (Å²) in [6, 6.07) is 11.8. The number of nitrogens with one attached hydrogen (secondary N) is 2. The SMILES string of the molecule is CC(Oc1ccccc1[N+](=O)[O-])C(=O)NCCCCCCCCNC(=O)C(C)Oc1ccccc1[N+](=O)[O-]. The summed E-state index contributed by atoms with van der Waals surface area (Å²) in [6.45, 7) is 4.06. The first-order valence-corrected chi connectivity index (χ1v) is 12.6. The van der Waals surface area contributed by atoms with Crippen LogP contribution < -0.4 is 20.1 Å². The molecule has 0 aliphatic heterocycles. The monoisotopic (exact) mass is 530 g/mol. The highest BCUT2D eigenvalue weighted by Crippen LogP contribution is 2.27. The molecule has 206 valence electrons. The number of nitro groups is 2. The standard InChI is InChI=1S/C26H34N4O8/c1-19(37-23-15-9-7-13-21(23)29(33)34)25(31)27-17-11-5-3-4-6-12-18-28-26(32)20(2)38-24-16-10-8-14-22(24)30(35)36/h7-10,13-16,19-20H,3-6,11-12,17-18H2,1-2H3,(H,27,31)(H,28,32). The quantitative estimate of drug-likeness (QED) is 0.174. The van der Waals surface area contributed by atoms with Gasteiger partial charge in [0.15, 0.2) is 23.7 Å². The summed E-state index contributed by atoms with van der Waals surface area (Å²) in [5, 5.41) is 27.7.